The topological polar surface area (TPSA) is 121 Å². The first-order chi connectivity index (χ1) is 9.40. The van der Waals surface area contributed by atoms with Crippen molar-refractivity contribution >= 4 is 17.7 Å². The van der Waals surface area contributed by atoms with Crippen LogP contribution in [0, 0.1) is 0 Å². The second kappa shape index (κ2) is 5.47. The van der Waals surface area contributed by atoms with Crippen LogP contribution >= 0.6 is 11.8 Å². The third-order valence-electron chi connectivity index (χ3n) is 2.48. The zero-order valence-corrected chi connectivity index (χ0v) is 11.3. The molecule has 2 rings (SSSR count). The van der Waals surface area contributed by atoms with Crippen molar-refractivity contribution in [2.75, 3.05) is 5.75 Å². The van der Waals surface area contributed by atoms with E-state index in [9.17, 15) is 15.0 Å². The number of carbonyl (C=O) groups is 1. The van der Waals surface area contributed by atoms with Gasteiger partial charge in [-0.05, 0) is 41.6 Å². The lowest BCUT2D eigenvalue weighted by Crippen LogP contribution is -2.37. The predicted molar refractivity (Wildman–Crippen MR) is 69.8 cm³/mol. The molecule has 9 heteroatoms. The standard InChI is InChI=1S/C11H12N4O4S/c1-11(19,9(17)18)6-20-10-12-13-14-15(10)7-2-4-8(16)5-3-7/h2-5,16,19H,6H2,1H3,(H,17,18). The average molecular weight is 296 g/mol. The predicted octanol–water partition coefficient (Wildman–Crippen LogP) is 0.296. The Morgan fingerprint density at radius 3 is 2.65 bits per heavy atom. The summed E-state index contributed by atoms with van der Waals surface area (Å²) in [6.45, 7) is 1.21. The van der Waals surface area contributed by atoms with E-state index in [0.717, 1.165) is 11.8 Å². The summed E-state index contributed by atoms with van der Waals surface area (Å²) in [6, 6.07) is 6.20. The molecule has 1 aromatic heterocycles. The summed E-state index contributed by atoms with van der Waals surface area (Å²) in [7, 11) is 0. The number of phenolic OH excluding ortho intramolecular Hbond substituents is 1. The number of aromatic nitrogens is 4. The number of carboxylic acid groups (broad SMARTS) is 1. The van der Waals surface area contributed by atoms with Crippen LogP contribution in [0.4, 0.5) is 0 Å². The Morgan fingerprint density at radius 2 is 2.05 bits per heavy atom. The van der Waals surface area contributed by atoms with Gasteiger partial charge >= 0.3 is 5.97 Å². The molecule has 1 aromatic carbocycles. The highest BCUT2D eigenvalue weighted by Crippen LogP contribution is 2.23. The fraction of sp³-hybridized carbons (Fsp3) is 0.273. The van der Waals surface area contributed by atoms with Crippen molar-refractivity contribution in [3.8, 4) is 11.4 Å². The largest absolute Gasteiger partial charge is 0.508 e. The Balaban J connectivity index is 2.17. The van der Waals surface area contributed by atoms with Gasteiger partial charge in [0.1, 0.15) is 5.75 Å². The van der Waals surface area contributed by atoms with E-state index < -0.39 is 11.6 Å². The molecule has 0 aliphatic heterocycles. The molecule has 0 aliphatic carbocycles. The Bertz CT molecular complexity index is 611. The van der Waals surface area contributed by atoms with Crippen LogP contribution in [0.25, 0.3) is 5.69 Å². The second-order valence-electron chi connectivity index (χ2n) is 4.26. The smallest absolute Gasteiger partial charge is 0.336 e. The first-order valence-electron chi connectivity index (χ1n) is 5.56. The van der Waals surface area contributed by atoms with Gasteiger partial charge in [0.2, 0.25) is 5.16 Å². The molecule has 106 valence electrons. The summed E-state index contributed by atoms with van der Waals surface area (Å²) >= 11 is 1.02. The maximum Gasteiger partial charge on any atom is 0.336 e. The number of phenols is 1. The zero-order chi connectivity index (χ0) is 14.8. The van der Waals surface area contributed by atoms with Gasteiger partial charge in [-0.15, -0.1) is 5.10 Å². The van der Waals surface area contributed by atoms with Crippen LogP contribution in [0.3, 0.4) is 0 Å². The van der Waals surface area contributed by atoms with Gasteiger partial charge in [0.05, 0.1) is 5.69 Å². The number of aromatic hydroxyl groups is 1. The molecule has 0 radical (unpaired) electrons. The number of aliphatic carboxylic acids is 1. The highest BCUT2D eigenvalue weighted by Gasteiger charge is 2.30. The normalized spacial score (nSPS) is 13.9. The number of aliphatic hydroxyl groups is 1. The van der Waals surface area contributed by atoms with E-state index in [1.807, 2.05) is 0 Å². The highest BCUT2D eigenvalue weighted by atomic mass is 32.2. The minimum Gasteiger partial charge on any atom is -0.508 e. The van der Waals surface area contributed by atoms with E-state index in [0.29, 0.717) is 10.8 Å². The summed E-state index contributed by atoms with van der Waals surface area (Å²) < 4.78 is 1.39. The van der Waals surface area contributed by atoms with Crippen LogP contribution in [-0.2, 0) is 4.79 Å². The Hall–Kier alpha value is -2.13. The molecule has 0 fully saturated rings. The number of carboxylic acids is 1. The van der Waals surface area contributed by atoms with Gasteiger partial charge < -0.3 is 15.3 Å². The molecule has 1 heterocycles. The maximum absolute atomic E-state index is 10.8. The van der Waals surface area contributed by atoms with E-state index in [1.54, 1.807) is 12.1 Å². The number of benzene rings is 1. The minimum absolute atomic E-state index is 0.0964. The quantitative estimate of drug-likeness (QED) is 0.673. The van der Waals surface area contributed by atoms with Crippen LogP contribution in [0.1, 0.15) is 6.92 Å². The number of rotatable bonds is 5. The molecule has 3 N–H and O–H groups in total. The van der Waals surface area contributed by atoms with Crippen LogP contribution in [0.2, 0.25) is 0 Å². The van der Waals surface area contributed by atoms with E-state index in [-0.39, 0.29) is 11.5 Å². The van der Waals surface area contributed by atoms with Crippen molar-refractivity contribution in [1.82, 2.24) is 20.2 Å². The summed E-state index contributed by atoms with van der Waals surface area (Å²) in [6.07, 6.45) is 0. The molecule has 0 saturated heterocycles. The van der Waals surface area contributed by atoms with Gasteiger partial charge in [-0.2, -0.15) is 4.68 Å². The summed E-state index contributed by atoms with van der Waals surface area (Å²) in [5, 5.41) is 39.1. The molecule has 0 spiro atoms. The number of nitrogens with zero attached hydrogens (tertiary/aromatic N) is 4. The number of hydrogen-bond donors (Lipinski definition) is 3. The molecule has 0 bridgehead atoms. The number of tetrazole rings is 1. The number of thioether (sulfide) groups is 1. The second-order valence-corrected chi connectivity index (χ2v) is 5.20. The van der Waals surface area contributed by atoms with Crippen molar-refractivity contribution in [1.29, 1.82) is 0 Å². The number of hydrogen-bond acceptors (Lipinski definition) is 7. The van der Waals surface area contributed by atoms with Crippen molar-refractivity contribution in [2.45, 2.75) is 17.7 Å². The first kappa shape index (κ1) is 14.3. The average Bonchev–Trinajstić information content (AvgIpc) is 2.85. The SMILES string of the molecule is CC(O)(CSc1nnnn1-c1ccc(O)cc1)C(=O)O. The third kappa shape index (κ3) is 3.06. The minimum atomic E-state index is -1.86. The highest BCUT2D eigenvalue weighted by molar-refractivity contribution is 7.99. The molecule has 0 aliphatic rings. The molecule has 1 atom stereocenters. The van der Waals surface area contributed by atoms with E-state index in [1.165, 1.54) is 23.7 Å². The fourth-order valence-corrected chi connectivity index (χ4v) is 2.18. The van der Waals surface area contributed by atoms with Crippen LogP contribution in [0.15, 0.2) is 29.4 Å². The van der Waals surface area contributed by atoms with Crippen LogP contribution in [0.5, 0.6) is 5.75 Å². The fourth-order valence-electron chi connectivity index (χ4n) is 1.29. The molecular formula is C11H12N4O4S. The lowest BCUT2D eigenvalue weighted by Gasteiger charge is -2.16. The van der Waals surface area contributed by atoms with Gasteiger partial charge in [0.25, 0.3) is 0 Å². The van der Waals surface area contributed by atoms with E-state index in [4.69, 9.17) is 5.11 Å². The Kier molecular flexibility index (Phi) is 3.91. The van der Waals surface area contributed by atoms with Gasteiger partial charge in [-0.1, -0.05) is 11.8 Å². The lowest BCUT2D eigenvalue weighted by atomic mass is 10.1. The van der Waals surface area contributed by atoms with Gasteiger partial charge in [-0.25, -0.2) is 4.79 Å². The van der Waals surface area contributed by atoms with Crippen molar-refractivity contribution in [3.63, 3.8) is 0 Å². The van der Waals surface area contributed by atoms with Gasteiger partial charge in [0.15, 0.2) is 5.60 Å². The molecule has 0 amide bonds. The summed E-state index contributed by atoms with van der Waals surface area (Å²) in [5.74, 6) is -1.29. The maximum atomic E-state index is 10.8. The molecule has 20 heavy (non-hydrogen) atoms. The molecule has 2 aromatic rings. The first-order valence-corrected chi connectivity index (χ1v) is 6.55. The molecule has 1 unspecified atom stereocenters. The monoisotopic (exact) mass is 296 g/mol. The Morgan fingerprint density at radius 1 is 1.40 bits per heavy atom. The van der Waals surface area contributed by atoms with Crippen LogP contribution < -0.4 is 0 Å². The molecule has 8 nitrogen and oxygen atoms in total. The van der Waals surface area contributed by atoms with Gasteiger partial charge in [0, 0.05) is 5.75 Å². The summed E-state index contributed by atoms with van der Waals surface area (Å²) in [5.41, 5.74) is -1.25. The molecule has 0 saturated carbocycles. The molecular weight excluding hydrogens is 284 g/mol. The van der Waals surface area contributed by atoms with Crippen molar-refractivity contribution < 1.29 is 20.1 Å². The van der Waals surface area contributed by atoms with Gasteiger partial charge in [-0.3, -0.25) is 0 Å². The summed E-state index contributed by atoms with van der Waals surface area (Å²) in [4.78, 5) is 10.8. The van der Waals surface area contributed by atoms with Crippen LogP contribution in [-0.4, -0.2) is 52.9 Å². The van der Waals surface area contributed by atoms with Crippen molar-refractivity contribution in [3.05, 3.63) is 24.3 Å². The lowest BCUT2D eigenvalue weighted by molar-refractivity contribution is -0.154. The van der Waals surface area contributed by atoms with E-state index >= 15 is 0 Å². The third-order valence-corrected chi connectivity index (χ3v) is 3.70. The zero-order valence-electron chi connectivity index (χ0n) is 10.5. The van der Waals surface area contributed by atoms with E-state index in [2.05, 4.69) is 15.5 Å². The van der Waals surface area contributed by atoms with Crippen molar-refractivity contribution in [2.24, 2.45) is 0 Å². The Labute approximate surface area is 118 Å².